The van der Waals surface area contributed by atoms with Gasteiger partial charge in [0, 0.05) is 4.88 Å². The number of aryl methyl sites for hydroxylation is 1. The minimum atomic E-state index is -0.0854. The predicted octanol–water partition coefficient (Wildman–Crippen LogP) is 2.65. The van der Waals surface area contributed by atoms with Crippen molar-refractivity contribution in [2.45, 2.75) is 26.3 Å². The van der Waals surface area contributed by atoms with E-state index in [9.17, 15) is 4.79 Å². The molecule has 0 unspecified atom stereocenters. The van der Waals surface area contributed by atoms with E-state index in [1.807, 2.05) is 31.4 Å². The number of carbonyl (C=O) groups excluding carboxylic acids is 1. The van der Waals surface area contributed by atoms with Gasteiger partial charge in [-0.25, -0.2) is 0 Å². The normalized spacial score (nSPS) is 12.4. The van der Waals surface area contributed by atoms with E-state index in [4.69, 9.17) is 0 Å². The van der Waals surface area contributed by atoms with Gasteiger partial charge in [0.2, 0.25) is 0 Å². The highest BCUT2D eigenvalue weighted by molar-refractivity contribution is 7.10. The van der Waals surface area contributed by atoms with Crippen molar-refractivity contribution in [3.05, 3.63) is 33.0 Å². The van der Waals surface area contributed by atoms with Crippen LogP contribution in [0.3, 0.4) is 0 Å². The molecule has 6 heteroatoms. The van der Waals surface area contributed by atoms with Crippen molar-refractivity contribution in [3.63, 3.8) is 0 Å². The molecule has 0 radical (unpaired) electrons. The average molecular weight is 267 g/mol. The van der Waals surface area contributed by atoms with Gasteiger partial charge in [0.15, 0.2) is 0 Å². The van der Waals surface area contributed by atoms with Gasteiger partial charge in [0.05, 0.1) is 11.7 Å². The van der Waals surface area contributed by atoms with Crippen LogP contribution in [-0.2, 0) is 6.42 Å². The average Bonchev–Trinajstić information content (AvgIpc) is 2.99. The number of nitrogens with one attached hydrogen (secondary N) is 1. The lowest BCUT2D eigenvalue weighted by atomic mass is 10.2. The number of aromatic nitrogens is 2. The maximum Gasteiger partial charge on any atom is 0.265 e. The van der Waals surface area contributed by atoms with Crippen LogP contribution in [0.5, 0.6) is 0 Å². The number of rotatable bonds is 4. The van der Waals surface area contributed by atoms with Crippen LogP contribution in [0.15, 0.2) is 17.5 Å². The number of nitrogens with zero attached hydrogens (tertiary/aromatic N) is 2. The molecule has 0 saturated carbocycles. The van der Waals surface area contributed by atoms with Crippen molar-refractivity contribution in [1.82, 2.24) is 14.9 Å². The number of amides is 1. The second kappa shape index (κ2) is 5.37. The Morgan fingerprint density at radius 2 is 2.41 bits per heavy atom. The van der Waals surface area contributed by atoms with E-state index in [1.54, 1.807) is 11.3 Å². The highest BCUT2D eigenvalue weighted by Crippen LogP contribution is 2.19. The Kier molecular flexibility index (Phi) is 3.86. The standard InChI is InChI=1S/C11H13N3OS2/c1-3-8-10(17-14-13-8)11(15)12-7(2)9-5-4-6-16-9/h4-7H,3H2,1-2H3,(H,12,15)/t7-/m1/s1. The Labute approximate surface area is 108 Å². The van der Waals surface area contributed by atoms with Crippen molar-refractivity contribution in [2.75, 3.05) is 0 Å². The van der Waals surface area contributed by atoms with Crippen molar-refractivity contribution in [3.8, 4) is 0 Å². The molecule has 0 aliphatic rings. The van der Waals surface area contributed by atoms with Gasteiger partial charge in [-0.15, -0.1) is 16.4 Å². The quantitative estimate of drug-likeness (QED) is 0.926. The fourth-order valence-electron chi connectivity index (χ4n) is 1.48. The van der Waals surface area contributed by atoms with Gasteiger partial charge in [-0.05, 0) is 36.3 Å². The van der Waals surface area contributed by atoms with Gasteiger partial charge in [0.1, 0.15) is 4.88 Å². The first-order chi connectivity index (χ1) is 8.22. The van der Waals surface area contributed by atoms with E-state index in [1.165, 1.54) is 0 Å². The van der Waals surface area contributed by atoms with Crippen LogP contribution in [-0.4, -0.2) is 15.5 Å². The third-order valence-electron chi connectivity index (χ3n) is 2.41. The molecule has 0 aromatic carbocycles. The molecule has 0 spiro atoms. The minimum Gasteiger partial charge on any atom is -0.344 e. The van der Waals surface area contributed by atoms with Crippen molar-refractivity contribution in [2.24, 2.45) is 0 Å². The summed E-state index contributed by atoms with van der Waals surface area (Å²) in [6, 6.07) is 4.02. The Morgan fingerprint density at radius 1 is 1.59 bits per heavy atom. The fraction of sp³-hybridized carbons (Fsp3) is 0.364. The van der Waals surface area contributed by atoms with Gasteiger partial charge in [0.25, 0.3) is 5.91 Å². The Hall–Kier alpha value is -1.27. The molecule has 1 N–H and O–H groups in total. The topological polar surface area (TPSA) is 54.9 Å². The molecule has 17 heavy (non-hydrogen) atoms. The fourth-order valence-corrected chi connectivity index (χ4v) is 2.87. The van der Waals surface area contributed by atoms with Crippen molar-refractivity contribution in [1.29, 1.82) is 0 Å². The molecule has 0 bridgehead atoms. The molecule has 0 saturated heterocycles. The van der Waals surface area contributed by atoms with Crippen molar-refractivity contribution >= 4 is 28.8 Å². The van der Waals surface area contributed by atoms with E-state index in [0.29, 0.717) is 4.88 Å². The predicted molar refractivity (Wildman–Crippen MR) is 69.5 cm³/mol. The minimum absolute atomic E-state index is 0.0225. The molecule has 2 aromatic rings. The molecule has 90 valence electrons. The van der Waals surface area contributed by atoms with Gasteiger partial charge < -0.3 is 5.32 Å². The maximum absolute atomic E-state index is 12.0. The van der Waals surface area contributed by atoms with E-state index in [0.717, 1.165) is 28.5 Å². The number of carbonyl (C=O) groups is 1. The van der Waals surface area contributed by atoms with Crippen LogP contribution in [0.4, 0.5) is 0 Å². The summed E-state index contributed by atoms with van der Waals surface area (Å²) in [5.41, 5.74) is 0.769. The van der Waals surface area contributed by atoms with Gasteiger partial charge in [-0.1, -0.05) is 17.5 Å². The lowest BCUT2D eigenvalue weighted by molar-refractivity contribution is 0.0943. The van der Waals surface area contributed by atoms with Crippen LogP contribution in [0, 0.1) is 0 Å². The van der Waals surface area contributed by atoms with Crippen molar-refractivity contribution < 1.29 is 4.79 Å². The molecule has 4 nitrogen and oxygen atoms in total. The SMILES string of the molecule is CCc1nnsc1C(=O)N[C@H](C)c1cccs1. The Bertz CT molecular complexity index is 493. The molecule has 0 fully saturated rings. The van der Waals surface area contributed by atoms with Crippen LogP contribution < -0.4 is 5.32 Å². The number of hydrogen-bond donors (Lipinski definition) is 1. The van der Waals surface area contributed by atoms with E-state index >= 15 is 0 Å². The zero-order chi connectivity index (χ0) is 12.3. The second-order valence-corrected chi connectivity index (χ2v) is 5.35. The maximum atomic E-state index is 12.0. The lowest BCUT2D eigenvalue weighted by Gasteiger charge is -2.11. The van der Waals surface area contributed by atoms with Crippen LogP contribution >= 0.6 is 22.9 Å². The van der Waals surface area contributed by atoms with Crippen LogP contribution in [0.25, 0.3) is 0 Å². The third kappa shape index (κ3) is 2.70. The summed E-state index contributed by atoms with van der Waals surface area (Å²) in [5.74, 6) is -0.0854. The third-order valence-corrected chi connectivity index (χ3v) is 4.24. The monoisotopic (exact) mass is 267 g/mol. The lowest BCUT2D eigenvalue weighted by Crippen LogP contribution is -2.26. The van der Waals surface area contributed by atoms with Crippen LogP contribution in [0.1, 0.15) is 40.1 Å². The first kappa shape index (κ1) is 12.2. The molecule has 0 aliphatic heterocycles. The zero-order valence-electron chi connectivity index (χ0n) is 9.64. The van der Waals surface area contributed by atoms with Gasteiger partial charge in [-0.2, -0.15) is 0 Å². The molecule has 2 aromatic heterocycles. The molecule has 0 aliphatic carbocycles. The molecular formula is C11H13N3OS2. The van der Waals surface area contributed by atoms with Gasteiger partial charge in [-0.3, -0.25) is 4.79 Å². The Balaban J connectivity index is 2.07. The molecule has 2 heterocycles. The smallest absolute Gasteiger partial charge is 0.265 e. The molecule has 1 amide bonds. The Morgan fingerprint density at radius 3 is 3.06 bits per heavy atom. The number of thiophene rings is 1. The highest BCUT2D eigenvalue weighted by Gasteiger charge is 2.17. The van der Waals surface area contributed by atoms with Crippen LogP contribution in [0.2, 0.25) is 0 Å². The van der Waals surface area contributed by atoms with E-state index in [-0.39, 0.29) is 11.9 Å². The summed E-state index contributed by atoms with van der Waals surface area (Å²) in [5, 5.41) is 8.90. The molecule has 1 atom stereocenters. The number of hydrogen-bond acceptors (Lipinski definition) is 5. The van der Waals surface area contributed by atoms with E-state index < -0.39 is 0 Å². The first-order valence-electron chi connectivity index (χ1n) is 5.37. The summed E-state index contributed by atoms with van der Waals surface area (Å²) in [7, 11) is 0. The highest BCUT2D eigenvalue weighted by atomic mass is 32.1. The van der Waals surface area contributed by atoms with Gasteiger partial charge >= 0.3 is 0 Å². The summed E-state index contributed by atoms with van der Waals surface area (Å²) in [6.45, 7) is 3.94. The summed E-state index contributed by atoms with van der Waals surface area (Å²) in [4.78, 5) is 13.8. The van der Waals surface area contributed by atoms with E-state index in [2.05, 4.69) is 14.9 Å². The molecular weight excluding hydrogens is 254 g/mol. The zero-order valence-corrected chi connectivity index (χ0v) is 11.3. The largest absolute Gasteiger partial charge is 0.344 e. The first-order valence-corrected chi connectivity index (χ1v) is 7.03. The summed E-state index contributed by atoms with van der Waals surface area (Å²) in [6.07, 6.45) is 0.729. The second-order valence-electron chi connectivity index (χ2n) is 3.61. The molecule has 2 rings (SSSR count). The summed E-state index contributed by atoms with van der Waals surface area (Å²) < 4.78 is 3.82. The summed E-state index contributed by atoms with van der Waals surface area (Å²) >= 11 is 2.79.